The van der Waals surface area contributed by atoms with Crippen LogP contribution in [0.1, 0.15) is 34.6 Å². The molecule has 0 aliphatic rings. The van der Waals surface area contributed by atoms with Gasteiger partial charge in [0.15, 0.2) is 0 Å². The van der Waals surface area contributed by atoms with E-state index in [1.54, 1.807) is 12.2 Å². The molecule has 0 fully saturated rings. The fourth-order valence-electron chi connectivity index (χ4n) is 0.648. The van der Waals surface area contributed by atoms with Crippen LogP contribution >= 0.6 is 11.6 Å². The molecule has 18 heavy (non-hydrogen) atoms. The van der Waals surface area contributed by atoms with Gasteiger partial charge in [0.05, 0.1) is 0 Å². The second-order valence-corrected chi connectivity index (χ2v) is 3.50. The van der Waals surface area contributed by atoms with Crippen molar-refractivity contribution in [3.05, 3.63) is 72.4 Å². The van der Waals surface area contributed by atoms with E-state index in [9.17, 15) is 0 Å². The Bertz CT molecular complexity index is 294. The van der Waals surface area contributed by atoms with Crippen molar-refractivity contribution in [3.63, 3.8) is 0 Å². The lowest BCUT2D eigenvalue weighted by Crippen LogP contribution is -1.78. The van der Waals surface area contributed by atoms with Gasteiger partial charge in [0.25, 0.3) is 0 Å². The zero-order valence-corrected chi connectivity index (χ0v) is 13.3. The zero-order valence-electron chi connectivity index (χ0n) is 12.5. The second kappa shape index (κ2) is 15.7. The molecule has 0 unspecified atom stereocenters. The first kappa shape index (κ1) is 22.0. The SMILES string of the molecule is C=C(C)/C=C\C(=C)C(=C)/C=C\C(=C)Cl.CC.CC. The molecule has 0 nitrogen and oxygen atoms in total. The van der Waals surface area contributed by atoms with Gasteiger partial charge < -0.3 is 0 Å². The topological polar surface area (TPSA) is 0 Å². The Morgan fingerprint density at radius 3 is 1.33 bits per heavy atom. The van der Waals surface area contributed by atoms with E-state index in [0.29, 0.717) is 5.03 Å². The molecule has 0 N–H and O–H groups in total. The molecule has 0 rings (SSSR count). The van der Waals surface area contributed by atoms with Crippen LogP contribution in [0, 0.1) is 0 Å². The minimum absolute atomic E-state index is 0.475. The Morgan fingerprint density at radius 1 is 0.722 bits per heavy atom. The number of halogens is 1. The van der Waals surface area contributed by atoms with E-state index in [1.165, 1.54) is 0 Å². The second-order valence-electron chi connectivity index (χ2n) is 3.01. The van der Waals surface area contributed by atoms with E-state index < -0.39 is 0 Å². The molecular weight excluding hydrogens is 240 g/mol. The highest BCUT2D eigenvalue weighted by Gasteiger charge is 1.90. The maximum absolute atomic E-state index is 5.57. The molecule has 0 heterocycles. The van der Waals surface area contributed by atoms with Gasteiger partial charge in [-0.1, -0.05) is 89.4 Å². The fraction of sp³-hybridized carbons (Fsp3) is 0.294. The average molecular weight is 267 g/mol. The monoisotopic (exact) mass is 266 g/mol. The molecule has 0 bridgehead atoms. The molecule has 0 aliphatic carbocycles. The van der Waals surface area contributed by atoms with Gasteiger partial charge in [-0.15, -0.1) is 0 Å². The van der Waals surface area contributed by atoms with E-state index >= 15 is 0 Å². The van der Waals surface area contributed by atoms with Gasteiger partial charge in [0.2, 0.25) is 0 Å². The van der Waals surface area contributed by atoms with Crippen LogP contribution in [0.3, 0.4) is 0 Å². The standard InChI is InChI=1S/C13H15Cl.2C2H6/c1-10(2)6-7-11(3)12(4)8-9-13(5)14;2*1-2/h6-9H,1,3-5H2,2H3;2*1-2H3/b7-6-,9-8-;;. The summed E-state index contributed by atoms with van der Waals surface area (Å²) in [5.41, 5.74) is 2.62. The van der Waals surface area contributed by atoms with Crippen molar-refractivity contribution in [2.75, 3.05) is 0 Å². The molecule has 102 valence electrons. The van der Waals surface area contributed by atoms with Crippen molar-refractivity contribution in [1.29, 1.82) is 0 Å². The highest BCUT2D eigenvalue weighted by atomic mass is 35.5. The van der Waals surface area contributed by atoms with Crippen molar-refractivity contribution in [2.24, 2.45) is 0 Å². The van der Waals surface area contributed by atoms with Crippen molar-refractivity contribution < 1.29 is 0 Å². The Balaban J connectivity index is -0.000000506. The van der Waals surface area contributed by atoms with Gasteiger partial charge in [-0.25, -0.2) is 0 Å². The summed E-state index contributed by atoms with van der Waals surface area (Å²) in [6, 6.07) is 0. The Morgan fingerprint density at radius 2 is 1.06 bits per heavy atom. The first-order chi connectivity index (χ1) is 8.43. The molecule has 0 aromatic carbocycles. The minimum atomic E-state index is 0.475. The third-order valence-corrected chi connectivity index (χ3v) is 1.57. The van der Waals surface area contributed by atoms with Gasteiger partial charge in [-0.05, 0) is 24.1 Å². The number of hydrogen-bond donors (Lipinski definition) is 0. The third kappa shape index (κ3) is 17.1. The first-order valence-electron chi connectivity index (χ1n) is 6.17. The molecule has 0 aliphatic heterocycles. The number of hydrogen-bond acceptors (Lipinski definition) is 0. The third-order valence-electron chi connectivity index (χ3n) is 1.45. The minimum Gasteiger partial charge on any atom is -0.0961 e. The quantitative estimate of drug-likeness (QED) is 0.492. The molecule has 0 aromatic rings. The highest BCUT2D eigenvalue weighted by Crippen LogP contribution is 2.11. The van der Waals surface area contributed by atoms with Crippen LogP contribution in [-0.4, -0.2) is 0 Å². The average Bonchev–Trinajstić information content (AvgIpc) is 2.37. The van der Waals surface area contributed by atoms with Gasteiger partial charge >= 0.3 is 0 Å². The summed E-state index contributed by atoms with van der Waals surface area (Å²) < 4.78 is 0. The largest absolute Gasteiger partial charge is 0.0961 e. The van der Waals surface area contributed by atoms with Crippen LogP contribution < -0.4 is 0 Å². The Kier molecular flexibility index (Phi) is 19.2. The van der Waals surface area contributed by atoms with Crippen molar-refractivity contribution in [3.8, 4) is 0 Å². The van der Waals surface area contributed by atoms with Crippen LogP contribution in [0.2, 0.25) is 0 Å². The Labute approximate surface area is 119 Å². The normalized spacial score (nSPS) is 9.00. The summed E-state index contributed by atoms with van der Waals surface area (Å²) in [4.78, 5) is 0. The van der Waals surface area contributed by atoms with Gasteiger partial charge in [0, 0.05) is 5.03 Å². The molecule has 1 heteroatoms. The van der Waals surface area contributed by atoms with Crippen LogP contribution in [0.25, 0.3) is 0 Å². The van der Waals surface area contributed by atoms with Crippen LogP contribution in [0.5, 0.6) is 0 Å². The molecule has 0 saturated heterocycles. The smallest absolute Gasteiger partial charge is 0.0334 e. The summed E-state index contributed by atoms with van der Waals surface area (Å²) in [6.07, 6.45) is 7.22. The highest BCUT2D eigenvalue weighted by molar-refractivity contribution is 6.30. The van der Waals surface area contributed by atoms with Crippen molar-refractivity contribution >= 4 is 11.6 Å². The maximum atomic E-state index is 5.57. The molecule has 0 saturated carbocycles. The summed E-state index contributed by atoms with van der Waals surface area (Å²) in [5, 5.41) is 0.475. The van der Waals surface area contributed by atoms with Crippen molar-refractivity contribution in [1.82, 2.24) is 0 Å². The van der Waals surface area contributed by atoms with Crippen LogP contribution in [0.15, 0.2) is 72.4 Å². The summed E-state index contributed by atoms with van der Waals surface area (Å²) in [7, 11) is 0. The molecule has 0 amide bonds. The van der Waals surface area contributed by atoms with E-state index in [-0.39, 0.29) is 0 Å². The van der Waals surface area contributed by atoms with Crippen LogP contribution in [0.4, 0.5) is 0 Å². The summed E-state index contributed by atoms with van der Waals surface area (Å²) in [6.45, 7) is 24.9. The predicted molar refractivity (Wildman–Crippen MR) is 89.1 cm³/mol. The van der Waals surface area contributed by atoms with E-state index in [4.69, 9.17) is 11.6 Å². The fourth-order valence-corrected chi connectivity index (χ4v) is 0.711. The van der Waals surface area contributed by atoms with Gasteiger partial charge in [-0.2, -0.15) is 0 Å². The molecule has 0 aromatic heterocycles. The lowest BCUT2D eigenvalue weighted by atomic mass is 10.1. The predicted octanol–water partition coefficient (Wildman–Crippen LogP) is 6.59. The molecular formula is C17H27Cl. The summed E-state index contributed by atoms with van der Waals surface area (Å²) in [5.74, 6) is 0. The van der Waals surface area contributed by atoms with Gasteiger partial charge in [-0.3, -0.25) is 0 Å². The van der Waals surface area contributed by atoms with E-state index in [1.807, 2.05) is 46.8 Å². The number of allylic oxidation sites excluding steroid dienone is 8. The molecule has 0 spiro atoms. The van der Waals surface area contributed by atoms with E-state index in [0.717, 1.165) is 16.7 Å². The maximum Gasteiger partial charge on any atom is 0.0334 e. The summed E-state index contributed by atoms with van der Waals surface area (Å²) >= 11 is 5.57. The zero-order chi connectivity index (χ0) is 15.1. The van der Waals surface area contributed by atoms with Crippen molar-refractivity contribution in [2.45, 2.75) is 34.6 Å². The Hall–Kier alpha value is -1.27. The lowest BCUT2D eigenvalue weighted by molar-refractivity contribution is 1.50. The number of rotatable bonds is 5. The molecule has 0 radical (unpaired) electrons. The van der Waals surface area contributed by atoms with Gasteiger partial charge in [0.1, 0.15) is 0 Å². The molecule has 0 atom stereocenters. The lowest BCUT2D eigenvalue weighted by Gasteiger charge is -1.98. The van der Waals surface area contributed by atoms with Crippen LogP contribution in [-0.2, 0) is 0 Å². The van der Waals surface area contributed by atoms with E-state index in [2.05, 4.69) is 26.3 Å². The first-order valence-corrected chi connectivity index (χ1v) is 6.55.